The molecule has 0 aliphatic carbocycles. The van der Waals surface area contributed by atoms with Gasteiger partial charge in [0, 0.05) is 26.3 Å². The van der Waals surface area contributed by atoms with E-state index in [1.165, 1.54) is 26.2 Å². The zero-order valence-electron chi connectivity index (χ0n) is 25.5. The summed E-state index contributed by atoms with van der Waals surface area (Å²) in [4.78, 5) is 56.6. The Morgan fingerprint density at radius 2 is 1.15 bits per heavy atom. The molecule has 0 unspecified atom stereocenters. The van der Waals surface area contributed by atoms with Crippen LogP contribution in [-0.4, -0.2) is 43.7 Å². The van der Waals surface area contributed by atoms with Crippen LogP contribution in [0, 0.1) is 0 Å². The van der Waals surface area contributed by atoms with Crippen LogP contribution in [0.5, 0.6) is 0 Å². The summed E-state index contributed by atoms with van der Waals surface area (Å²) in [6, 6.07) is 0. The van der Waals surface area contributed by atoms with E-state index in [2.05, 4.69) is 16.8 Å². The van der Waals surface area contributed by atoms with Crippen molar-refractivity contribution in [2.24, 2.45) is 0 Å². The largest absolute Gasteiger partial charge is 1.00 e. The topological polar surface area (TPSA) is 154 Å². The van der Waals surface area contributed by atoms with Crippen LogP contribution in [0.4, 0.5) is 0 Å². The molecular formula is C27H50NNa2O9P. The van der Waals surface area contributed by atoms with E-state index in [-0.39, 0.29) is 84.5 Å². The Morgan fingerprint density at radius 3 is 1.62 bits per heavy atom. The zero-order chi connectivity index (χ0) is 28.5. The molecule has 1 N–H and O–H groups in total. The Balaban J connectivity index is -0.00000684. The molecule has 0 aromatic rings. The first-order valence-electron chi connectivity index (χ1n) is 14.4. The van der Waals surface area contributed by atoms with E-state index in [4.69, 9.17) is 9.47 Å². The van der Waals surface area contributed by atoms with Crippen LogP contribution in [0.3, 0.4) is 0 Å². The normalized spacial score (nSPS) is 11.6. The maximum atomic E-state index is 12.1. The molecule has 1 atom stereocenters. The van der Waals surface area contributed by atoms with Crippen LogP contribution in [0.25, 0.3) is 0 Å². The molecule has 0 fully saturated rings. The fraction of sp³-hybridized carbons (Fsp3) is 0.889. The van der Waals surface area contributed by atoms with Gasteiger partial charge in [0.2, 0.25) is 5.91 Å². The molecule has 0 radical (unpaired) electrons. The molecule has 0 heterocycles. The van der Waals surface area contributed by atoms with Gasteiger partial charge in [-0.25, -0.2) is 0 Å². The predicted molar refractivity (Wildman–Crippen MR) is 142 cm³/mol. The standard InChI is InChI=1S/C27H52NO9P.2Na/c1-3-4-5-6-10-14-17-20-27(31)37-25(23-36-38(32,33)34)22-35-26(30)19-16-13-11-8-7-9-12-15-18-21-28-24(2)29;;/h25H,3-23H2,1-2H3,(H,28,29)(H2,32,33,34);;/q;2*+1/p-2/t25-;;/m1../s1. The first kappa shape index (κ1) is 45.0. The van der Waals surface area contributed by atoms with Gasteiger partial charge in [-0.3, -0.25) is 14.4 Å². The number of ether oxygens (including phenoxy) is 2. The number of carbonyl (C=O) groups is 3. The number of phosphoric ester groups is 1. The molecule has 1 amide bonds. The van der Waals surface area contributed by atoms with Crippen molar-refractivity contribution < 1.29 is 102 Å². The van der Waals surface area contributed by atoms with Crippen molar-refractivity contribution in [2.45, 2.75) is 136 Å². The third-order valence-corrected chi connectivity index (χ3v) is 6.53. The fourth-order valence-corrected chi connectivity index (χ4v) is 4.26. The Labute approximate surface area is 286 Å². The van der Waals surface area contributed by atoms with Gasteiger partial charge >= 0.3 is 71.1 Å². The zero-order valence-corrected chi connectivity index (χ0v) is 30.4. The van der Waals surface area contributed by atoms with E-state index in [1.807, 2.05) is 0 Å². The molecular weight excluding hydrogens is 559 g/mol. The number of amides is 1. The molecule has 0 saturated carbocycles. The van der Waals surface area contributed by atoms with Crippen molar-refractivity contribution in [3.63, 3.8) is 0 Å². The van der Waals surface area contributed by atoms with Crippen molar-refractivity contribution >= 4 is 25.7 Å². The van der Waals surface area contributed by atoms with Crippen LogP contribution < -0.4 is 74.2 Å². The van der Waals surface area contributed by atoms with Gasteiger partial charge in [-0.15, -0.1) is 0 Å². The second-order valence-corrected chi connectivity index (χ2v) is 11.0. The van der Waals surface area contributed by atoms with Crippen LogP contribution in [0.2, 0.25) is 0 Å². The molecule has 0 aromatic heterocycles. The van der Waals surface area contributed by atoms with Crippen molar-refractivity contribution in [3.05, 3.63) is 0 Å². The van der Waals surface area contributed by atoms with Crippen molar-refractivity contribution in [3.8, 4) is 0 Å². The predicted octanol–water partition coefficient (Wildman–Crippen LogP) is -1.53. The number of nitrogens with one attached hydrogen (secondary N) is 1. The molecule has 224 valence electrons. The maximum absolute atomic E-state index is 12.1. The van der Waals surface area contributed by atoms with Crippen molar-refractivity contribution in [1.82, 2.24) is 5.32 Å². The summed E-state index contributed by atoms with van der Waals surface area (Å²) < 4.78 is 25.4. The van der Waals surface area contributed by atoms with Gasteiger partial charge < -0.3 is 33.7 Å². The fourth-order valence-electron chi connectivity index (χ4n) is 3.92. The maximum Gasteiger partial charge on any atom is 1.00 e. The first-order chi connectivity index (χ1) is 18.1. The molecule has 13 heteroatoms. The van der Waals surface area contributed by atoms with E-state index >= 15 is 0 Å². The number of hydrogen-bond donors (Lipinski definition) is 1. The number of esters is 2. The number of phosphoric acid groups is 1. The molecule has 0 aromatic carbocycles. The molecule has 40 heavy (non-hydrogen) atoms. The second kappa shape index (κ2) is 31.0. The van der Waals surface area contributed by atoms with E-state index in [1.54, 1.807) is 0 Å². The summed E-state index contributed by atoms with van der Waals surface area (Å²) >= 11 is 0. The third-order valence-electron chi connectivity index (χ3n) is 6.06. The van der Waals surface area contributed by atoms with Gasteiger partial charge in [-0.05, 0) is 19.3 Å². The summed E-state index contributed by atoms with van der Waals surface area (Å²) in [6.45, 7) is 3.38. The number of hydrogen-bond acceptors (Lipinski definition) is 9. The minimum absolute atomic E-state index is 0. The second-order valence-electron chi connectivity index (χ2n) is 9.82. The Kier molecular flexibility index (Phi) is 34.8. The minimum Gasteiger partial charge on any atom is -0.790 e. The Hall–Kier alpha value is 0.520. The summed E-state index contributed by atoms with van der Waals surface area (Å²) in [5.74, 6) is -0.998. The summed E-state index contributed by atoms with van der Waals surface area (Å²) in [5.41, 5.74) is 0. The average Bonchev–Trinajstić information content (AvgIpc) is 2.85. The summed E-state index contributed by atoms with van der Waals surface area (Å²) in [7, 11) is -5.24. The van der Waals surface area contributed by atoms with Gasteiger partial charge in [0.25, 0.3) is 0 Å². The van der Waals surface area contributed by atoms with Gasteiger partial charge in [0.1, 0.15) is 6.61 Å². The summed E-state index contributed by atoms with van der Waals surface area (Å²) in [5, 5.41) is 2.79. The third kappa shape index (κ3) is 34.7. The SMILES string of the molecule is CCCCCCCCCC(=O)O[C@H](COC(=O)CCCCCCCCCCCNC(C)=O)COP(=O)([O-])[O-].[Na+].[Na+]. The van der Waals surface area contributed by atoms with E-state index in [9.17, 15) is 28.7 Å². The smallest absolute Gasteiger partial charge is 0.790 e. The monoisotopic (exact) mass is 609 g/mol. The van der Waals surface area contributed by atoms with Crippen molar-refractivity contribution in [2.75, 3.05) is 19.8 Å². The van der Waals surface area contributed by atoms with Crippen molar-refractivity contribution in [1.29, 1.82) is 0 Å². The number of rotatable bonds is 26. The van der Waals surface area contributed by atoms with E-state index in [0.29, 0.717) is 12.8 Å². The number of unbranched alkanes of at least 4 members (excludes halogenated alkanes) is 14. The average molecular weight is 610 g/mol. The molecule has 0 rings (SSSR count). The van der Waals surface area contributed by atoms with Gasteiger partial charge in [-0.2, -0.15) is 0 Å². The van der Waals surface area contributed by atoms with Crippen LogP contribution in [0.1, 0.15) is 129 Å². The Morgan fingerprint density at radius 1 is 0.700 bits per heavy atom. The van der Waals surface area contributed by atoms with E-state index < -0.39 is 32.5 Å². The Bertz CT molecular complexity index is 680. The number of carbonyl (C=O) groups excluding carboxylic acids is 3. The molecule has 0 aliphatic rings. The molecule has 0 aliphatic heterocycles. The van der Waals surface area contributed by atoms with Gasteiger partial charge in [0.05, 0.1) is 14.4 Å². The molecule has 0 saturated heterocycles. The van der Waals surface area contributed by atoms with Crippen LogP contribution >= 0.6 is 7.82 Å². The molecule has 0 bridgehead atoms. The minimum atomic E-state index is -5.24. The first-order valence-corrected chi connectivity index (χ1v) is 15.9. The molecule has 10 nitrogen and oxygen atoms in total. The van der Waals surface area contributed by atoms with Crippen LogP contribution in [-0.2, 0) is 32.9 Å². The quantitative estimate of drug-likeness (QED) is 0.0533. The van der Waals surface area contributed by atoms with Crippen LogP contribution in [0.15, 0.2) is 0 Å². The van der Waals surface area contributed by atoms with E-state index in [0.717, 1.165) is 77.2 Å². The summed E-state index contributed by atoms with van der Waals surface area (Å²) in [6.07, 6.45) is 15.7. The molecule has 0 spiro atoms. The van der Waals surface area contributed by atoms with Gasteiger partial charge in [0.15, 0.2) is 6.10 Å². The van der Waals surface area contributed by atoms with Gasteiger partial charge in [-0.1, -0.05) is 90.4 Å².